The molecule has 9 rings (SSSR count). The molecular weight excluding hydrogens is 673 g/mol. The van der Waals surface area contributed by atoms with Crippen LogP contribution in [0.3, 0.4) is 0 Å². The van der Waals surface area contributed by atoms with E-state index in [1.807, 2.05) is 111 Å². The van der Waals surface area contributed by atoms with Crippen LogP contribution in [0, 0.1) is 0 Å². The number of nitrogens with zero attached hydrogens (tertiary/aromatic N) is 2. The summed E-state index contributed by atoms with van der Waals surface area (Å²) in [5, 5.41) is 0. The quantitative estimate of drug-likeness (QED) is 0.160. The van der Waals surface area contributed by atoms with Gasteiger partial charge in [0.1, 0.15) is 5.75 Å². The van der Waals surface area contributed by atoms with Crippen LogP contribution in [-0.4, -0.2) is 33.1 Å². The molecule has 54 heavy (non-hydrogen) atoms. The lowest BCUT2D eigenvalue weighted by Gasteiger charge is -2.15. The smallest absolute Gasteiger partial charge is 0.268 e. The molecule has 0 radical (unpaired) electrons. The van der Waals surface area contributed by atoms with Gasteiger partial charge in [-0.2, -0.15) is 0 Å². The summed E-state index contributed by atoms with van der Waals surface area (Å²) in [7, 11) is 1.66. The summed E-state index contributed by atoms with van der Waals surface area (Å²) < 4.78 is 11.5. The number of ether oxygens (including phenoxy) is 2. The molecule has 4 aromatic carbocycles. The maximum atomic E-state index is 13.5. The topological polar surface area (TPSA) is 110 Å². The van der Waals surface area contributed by atoms with Crippen LogP contribution in [0.4, 0.5) is 0 Å². The number of H-pyrrole nitrogens is 2. The van der Waals surface area contributed by atoms with Crippen LogP contribution in [0.5, 0.6) is 11.5 Å². The number of aromatic nitrogens is 4. The SMILES string of the molecule is COc1ccc(-c2c3nc(c(-c4ccccc4)c4ccc([nH]4)c(-c4c(OC(C)C)c(=O)c4=O)c4nc(c(-c5ccccc5)c5ccc2[nH]5)C=C4)C=C3)cc1. The van der Waals surface area contributed by atoms with Gasteiger partial charge in [-0.05, 0) is 91.2 Å². The lowest BCUT2D eigenvalue weighted by atomic mass is 9.98. The first-order valence-corrected chi connectivity index (χ1v) is 17.8. The first kappa shape index (κ1) is 32.8. The highest BCUT2D eigenvalue weighted by atomic mass is 16.5. The molecule has 262 valence electrons. The van der Waals surface area contributed by atoms with Crippen molar-refractivity contribution in [2.24, 2.45) is 0 Å². The van der Waals surface area contributed by atoms with Crippen LogP contribution in [0.15, 0.2) is 119 Å². The number of hydrogen-bond acceptors (Lipinski definition) is 6. The molecule has 8 heteroatoms. The van der Waals surface area contributed by atoms with Crippen molar-refractivity contribution in [2.75, 3.05) is 7.11 Å². The summed E-state index contributed by atoms with van der Waals surface area (Å²) in [4.78, 5) is 44.3. The van der Waals surface area contributed by atoms with E-state index in [1.54, 1.807) is 7.11 Å². The van der Waals surface area contributed by atoms with Gasteiger partial charge in [0.15, 0.2) is 5.75 Å². The van der Waals surface area contributed by atoms with Crippen LogP contribution in [0.2, 0.25) is 0 Å². The van der Waals surface area contributed by atoms with Crippen LogP contribution in [0.25, 0.3) is 90.9 Å². The minimum Gasteiger partial charge on any atom is -0.497 e. The molecule has 3 aromatic heterocycles. The number of hydrogen-bond donors (Lipinski definition) is 2. The second-order valence-corrected chi connectivity index (χ2v) is 13.5. The van der Waals surface area contributed by atoms with Crippen molar-refractivity contribution in [3.63, 3.8) is 0 Å². The van der Waals surface area contributed by atoms with Crippen molar-refractivity contribution in [3.05, 3.63) is 152 Å². The Bertz CT molecular complexity index is 2850. The van der Waals surface area contributed by atoms with Gasteiger partial charge in [0, 0.05) is 44.3 Å². The first-order chi connectivity index (χ1) is 26.4. The van der Waals surface area contributed by atoms with Crippen molar-refractivity contribution >= 4 is 46.4 Å². The third-order valence-electron chi connectivity index (χ3n) is 9.73. The Balaban J connectivity index is 1.47. The highest BCUT2D eigenvalue weighted by Gasteiger charge is 2.29. The molecule has 0 fully saturated rings. The van der Waals surface area contributed by atoms with Gasteiger partial charge in [-0.1, -0.05) is 72.8 Å². The van der Waals surface area contributed by atoms with Crippen molar-refractivity contribution in [1.29, 1.82) is 0 Å². The number of rotatable bonds is 7. The van der Waals surface area contributed by atoms with E-state index in [1.165, 1.54) is 0 Å². The van der Waals surface area contributed by atoms with E-state index < -0.39 is 10.9 Å². The molecule has 0 saturated heterocycles. The Kier molecular flexibility index (Phi) is 8.00. The third-order valence-corrected chi connectivity index (χ3v) is 9.73. The average molecular weight is 707 g/mol. The predicted octanol–water partition coefficient (Wildman–Crippen LogP) is 9.72. The molecule has 2 N–H and O–H groups in total. The van der Waals surface area contributed by atoms with E-state index >= 15 is 0 Å². The predicted molar refractivity (Wildman–Crippen MR) is 218 cm³/mol. The highest BCUT2D eigenvalue weighted by molar-refractivity contribution is 6.00. The number of aromatic amines is 2. The first-order valence-electron chi connectivity index (χ1n) is 17.8. The largest absolute Gasteiger partial charge is 0.497 e. The molecule has 8 bridgehead atoms. The molecule has 0 amide bonds. The number of fused-ring (bicyclic) bond motifs is 8. The second kappa shape index (κ2) is 13.2. The van der Waals surface area contributed by atoms with E-state index in [0.717, 1.165) is 67.1 Å². The zero-order valence-corrected chi connectivity index (χ0v) is 29.8. The third kappa shape index (κ3) is 5.56. The van der Waals surface area contributed by atoms with Crippen molar-refractivity contribution in [1.82, 2.24) is 19.9 Å². The van der Waals surface area contributed by atoms with Crippen molar-refractivity contribution in [2.45, 2.75) is 20.0 Å². The molecule has 0 atom stereocenters. The molecule has 0 saturated carbocycles. The molecule has 0 aliphatic carbocycles. The molecule has 0 unspecified atom stereocenters. The summed E-state index contributed by atoms with van der Waals surface area (Å²) in [5.74, 6) is 0.816. The molecular formula is C46H34N4O4. The van der Waals surface area contributed by atoms with Crippen molar-refractivity contribution in [3.8, 4) is 56.0 Å². The summed E-state index contributed by atoms with van der Waals surface area (Å²) in [5.41, 5.74) is 11.0. The Morgan fingerprint density at radius 3 is 1.31 bits per heavy atom. The zero-order chi connectivity index (χ0) is 36.9. The Labute approximate surface area is 310 Å². The van der Waals surface area contributed by atoms with Gasteiger partial charge in [0.05, 0.1) is 41.6 Å². The molecule has 2 aliphatic rings. The monoisotopic (exact) mass is 706 g/mol. The molecule has 5 heterocycles. The van der Waals surface area contributed by atoms with Gasteiger partial charge in [-0.3, -0.25) is 9.59 Å². The lowest BCUT2D eigenvalue weighted by Crippen LogP contribution is -2.36. The molecule has 0 spiro atoms. The fraction of sp³-hybridized carbons (Fsp3) is 0.0870. The number of methoxy groups -OCH3 is 1. The average Bonchev–Trinajstić information content (AvgIpc) is 4.04. The normalized spacial score (nSPS) is 12.1. The van der Waals surface area contributed by atoms with Gasteiger partial charge < -0.3 is 19.4 Å². The van der Waals surface area contributed by atoms with Gasteiger partial charge >= 0.3 is 0 Å². The van der Waals surface area contributed by atoms with E-state index in [2.05, 4.69) is 46.4 Å². The van der Waals surface area contributed by atoms with Gasteiger partial charge in [-0.25, -0.2) is 9.97 Å². The summed E-state index contributed by atoms with van der Waals surface area (Å²) in [6.07, 6.45) is 7.62. The summed E-state index contributed by atoms with van der Waals surface area (Å²) in [6.45, 7) is 3.67. The second-order valence-electron chi connectivity index (χ2n) is 13.5. The Morgan fingerprint density at radius 2 is 0.889 bits per heavy atom. The Morgan fingerprint density at radius 1 is 0.481 bits per heavy atom. The van der Waals surface area contributed by atoms with Crippen LogP contribution in [-0.2, 0) is 0 Å². The number of nitrogens with one attached hydrogen (secondary N) is 2. The lowest BCUT2D eigenvalue weighted by molar-refractivity contribution is 0.238. The van der Waals surface area contributed by atoms with Crippen LogP contribution < -0.4 is 20.3 Å². The van der Waals surface area contributed by atoms with Gasteiger partial charge in [0.25, 0.3) is 5.43 Å². The van der Waals surface area contributed by atoms with Crippen LogP contribution >= 0.6 is 0 Å². The minimum atomic E-state index is -0.638. The standard InChI is InChI=1S/C46H34N4O4/c1-26(2)54-46-43(44(51)45(46)52)42-37-24-22-33(49-37)39(27-10-6-4-7-11-27)31-18-20-35(47-31)41(29-14-16-30(53-3)17-15-29)36-21-19-32(48-36)40(28-12-8-5-9-13-28)34-23-25-38(42)50-34/h4-26,47,50H,1-3H3. The van der Waals surface area contributed by atoms with Crippen molar-refractivity contribution < 1.29 is 9.47 Å². The minimum absolute atomic E-state index is 0.0533. The fourth-order valence-corrected chi connectivity index (χ4v) is 7.29. The fourth-order valence-electron chi connectivity index (χ4n) is 7.29. The summed E-state index contributed by atoms with van der Waals surface area (Å²) in [6, 6.07) is 36.2. The highest BCUT2D eigenvalue weighted by Crippen LogP contribution is 2.39. The maximum Gasteiger partial charge on any atom is 0.268 e. The van der Waals surface area contributed by atoms with Crippen LogP contribution in [0.1, 0.15) is 36.6 Å². The molecule has 2 aliphatic heterocycles. The van der Waals surface area contributed by atoms with E-state index in [-0.39, 0.29) is 17.4 Å². The van der Waals surface area contributed by atoms with Gasteiger partial charge in [0.2, 0.25) is 5.43 Å². The summed E-state index contributed by atoms with van der Waals surface area (Å²) >= 11 is 0. The molecule has 8 nitrogen and oxygen atoms in total. The molecule has 7 aromatic rings. The van der Waals surface area contributed by atoms with E-state index in [4.69, 9.17) is 19.4 Å². The zero-order valence-electron chi connectivity index (χ0n) is 29.8. The van der Waals surface area contributed by atoms with E-state index in [9.17, 15) is 9.59 Å². The maximum absolute atomic E-state index is 13.5. The van der Waals surface area contributed by atoms with Gasteiger partial charge in [-0.15, -0.1) is 0 Å². The number of benzene rings is 3. The Hall–Kier alpha value is -7.06. The van der Waals surface area contributed by atoms with E-state index in [0.29, 0.717) is 22.5 Å².